The Morgan fingerprint density at radius 3 is 2.61 bits per heavy atom. The maximum absolute atomic E-state index is 12.4. The molecule has 0 aromatic rings. The quantitative estimate of drug-likeness (QED) is 0.843. The summed E-state index contributed by atoms with van der Waals surface area (Å²) >= 11 is 0. The van der Waals surface area contributed by atoms with Gasteiger partial charge in [-0.15, -0.1) is 0 Å². The number of ether oxygens (including phenoxy) is 2. The largest absolute Gasteiger partial charge is 0.444 e. The number of hydrogen-bond donors (Lipinski definition) is 1. The van der Waals surface area contributed by atoms with E-state index in [1.807, 2.05) is 25.7 Å². The minimum absolute atomic E-state index is 0.0923. The molecule has 1 heterocycles. The molecule has 0 bridgehead atoms. The maximum atomic E-state index is 12.4. The van der Waals surface area contributed by atoms with Crippen molar-refractivity contribution in [2.45, 2.75) is 84.0 Å². The summed E-state index contributed by atoms with van der Waals surface area (Å²) < 4.78 is 11.1. The van der Waals surface area contributed by atoms with Gasteiger partial charge in [0.1, 0.15) is 5.60 Å². The first kappa shape index (κ1) is 18.5. The molecule has 3 unspecified atom stereocenters. The van der Waals surface area contributed by atoms with Gasteiger partial charge in [-0.25, -0.2) is 4.79 Å². The van der Waals surface area contributed by atoms with Crippen LogP contribution in [0, 0.1) is 5.92 Å². The van der Waals surface area contributed by atoms with E-state index in [9.17, 15) is 4.79 Å². The summed E-state index contributed by atoms with van der Waals surface area (Å²) in [5.41, 5.74) is -0.456. The van der Waals surface area contributed by atoms with E-state index in [0.29, 0.717) is 31.8 Å². The van der Waals surface area contributed by atoms with Crippen molar-refractivity contribution in [2.75, 3.05) is 19.8 Å². The van der Waals surface area contributed by atoms with Crippen LogP contribution >= 0.6 is 0 Å². The van der Waals surface area contributed by atoms with Crippen LogP contribution < -0.4 is 5.32 Å². The monoisotopic (exact) mass is 326 g/mol. The molecule has 1 N–H and O–H groups in total. The molecule has 1 aliphatic heterocycles. The minimum atomic E-state index is -0.456. The Kier molecular flexibility index (Phi) is 6.32. The zero-order valence-electron chi connectivity index (χ0n) is 15.4. The van der Waals surface area contributed by atoms with Crippen molar-refractivity contribution < 1.29 is 14.3 Å². The molecule has 1 amide bonds. The molecular weight excluding hydrogens is 292 g/mol. The first-order valence-electron chi connectivity index (χ1n) is 9.09. The van der Waals surface area contributed by atoms with Crippen molar-refractivity contribution in [3.8, 4) is 0 Å². The van der Waals surface area contributed by atoms with Crippen LogP contribution in [0.15, 0.2) is 0 Å². The summed E-state index contributed by atoms with van der Waals surface area (Å²) in [6, 6.07) is 1.01. The van der Waals surface area contributed by atoms with Crippen molar-refractivity contribution >= 4 is 6.09 Å². The lowest BCUT2D eigenvalue weighted by molar-refractivity contribution is -0.0359. The number of nitrogens with zero attached hydrogens (tertiary/aromatic N) is 1. The van der Waals surface area contributed by atoms with Gasteiger partial charge in [0.15, 0.2) is 0 Å². The molecule has 2 fully saturated rings. The van der Waals surface area contributed by atoms with Crippen LogP contribution in [0.4, 0.5) is 4.79 Å². The highest BCUT2D eigenvalue weighted by atomic mass is 16.6. The first-order valence-corrected chi connectivity index (χ1v) is 9.09. The van der Waals surface area contributed by atoms with Crippen molar-refractivity contribution in [1.82, 2.24) is 10.2 Å². The van der Waals surface area contributed by atoms with Gasteiger partial charge in [-0.05, 0) is 59.8 Å². The van der Waals surface area contributed by atoms with E-state index < -0.39 is 5.60 Å². The van der Waals surface area contributed by atoms with Crippen LogP contribution in [0.1, 0.15) is 60.3 Å². The predicted octanol–water partition coefficient (Wildman–Crippen LogP) is 3.18. The van der Waals surface area contributed by atoms with E-state index in [-0.39, 0.29) is 12.1 Å². The molecule has 1 saturated carbocycles. The molecule has 1 saturated heterocycles. The SMILES string of the molecule is CC(CC1COCCN1C(=O)OC(C)(C)C)NC(C)C1CCC1. The van der Waals surface area contributed by atoms with Gasteiger partial charge >= 0.3 is 6.09 Å². The number of morpholine rings is 1. The fourth-order valence-corrected chi connectivity index (χ4v) is 3.41. The second kappa shape index (κ2) is 7.84. The van der Waals surface area contributed by atoms with Crippen LogP contribution in [0.3, 0.4) is 0 Å². The third kappa shape index (κ3) is 5.64. The van der Waals surface area contributed by atoms with Crippen LogP contribution in [0.25, 0.3) is 0 Å². The Morgan fingerprint density at radius 1 is 1.35 bits per heavy atom. The third-order valence-electron chi connectivity index (χ3n) is 4.89. The topological polar surface area (TPSA) is 50.8 Å². The summed E-state index contributed by atoms with van der Waals surface area (Å²) in [6.45, 7) is 12.0. The zero-order valence-corrected chi connectivity index (χ0v) is 15.4. The summed E-state index contributed by atoms with van der Waals surface area (Å²) in [4.78, 5) is 14.3. The molecule has 2 rings (SSSR count). The highest BCUT2D eigenvalue weighted by molar-refractivity contribution is 5.68. The molecule has 5 heteroatoms. The van der Waals surface area contributed by atoms with Gasteiger partial charge in [0.2, 0.25) is 0 Å². The maximum Gasteiger partial charge on any atom is 0.410 e. The van der Waals surface area contributed by atoms with Crippen molar-refractivity contribution in [3.63, 3.8) is 0 Å². The molecule has 0 radical (unpaired) electrons. The number of nitrogens with one attached hydrogen (secondary N) is 1. The normalized spacial score (nSPS) is 25.6. The molecule has 0 spiro atoms. The van der Waals surface area contributed by atoms with Crippen LogP contribution in [-0.4, -0.2) is 54.5 Å². The van der Waals surface area contributed by atoms with E-state index in [4.69, 9.17) is 9.47 Å². The Bertz CT molecular complexity index is 390. The number of hydrogen-bond acceptors (Lipinski definition) is 4. The Labute approximate surface area is 141 Å². The lowest BCUT2D eigenvalue weighted by Gasteiger charge is -2.39. The van der Waals surface area contributed by atoms with Crippen molar-refractivity contribution in [3.05, 3.63) is 0 Å². The standard InChI is InChI=1S/C18H34N2O3/c1-13(19-14(2)15-7-6-8-15)11-16-12-22-10-9-20(16)17(21)23-18(3,4)5/h13-16,19H,6-12H2,1-5H3. The van der Waals surface area contributed by atoms with Crippen molar-refractivity contribution in [2.24, 2.45) is 5.92 Å². The van der Waals surface area contributed by atoms with Gasteiger partial charge in [0.25, 0.3) is 0 Å². The summed E-state index contributed by atoms with van der Waals surface area (Å²) in [5.74, 6) is 0.821. The second-order valence-corrected chi connectivity index (χ2v) is 8.19. The second-order valence-electron chi connectivity index (χ2n) is 8.19. The molecule has 0 aromatic carbocycles. The van der Waals surface area contributed by atoms with Gasteiger partial charge in [0, 0.05) is 18.6 Å². The van der Waals surface area contributed by atoms with E-state index >= 15 is 0 Å². The predicted molar refractivity (Wildman–Crippen MR) is 91.6 cm³/mol. The Balaban J connectivity index is 1.85. The first-order chi connectivity index (χ1) is 10.8. The van der Waals surface area contributed by atoms with E-state index in [2.05, 4.69) is 19.2 Å². The molecule has 1 aliphatic carbocycles. The van der Waals surface area contributed by atoms with E-state index in [1.165, 1.54) is 19.3 Å². The summed E-state index contributed by atoms with van der Waals surface area (Å²) in [7, 11) is 0. The van der Waals surface area contributed by atoms with E-state index in [0.717, 1.165) is 12.3 Å². The van der Waals surface area contributed by atoms with Crippen LogP contribution in [-0.2, 0) is 9.47 Å². The average Bonchev–Trinajstić information content (AvgIpc) is 2.34. The van der Waals surface area contributed by atoms with Gasteiger partial charge in [-0.3, -0.25) is 0 Å². The molecule has 2 aliphatic rings. The number of rotatable bonds is 5. The smallest absolute Gasteiger partial charge is 0.410 e. The molecule has 23 heavy (non-hydrogen) atoms. The van der Waals surface area contributed by atoms with Gasteiger partial charge < -0.3 is 19.7 Å². The Hall–Kier alpha value is -0.810. The van der Waals surface area contributed by atoms with Gasteiger partial charge in [-0.1, -0.05) is 6.42 Å². The van der Waals surface area contributed by atoms with Gasteiger partial charge in [-0.2, -0.15) is 0 Å². The third-order valence-corrected chi connectivity index (χ3v) is 4.89. The fourth-order valence-electron chi connectivity index (χ4n) is 3.41. The highest BCUT2D eigenvalue weighted by Gasteiger charge is 2.32. The minimum Gasteiger partial charge on any atom is -0.444 e. The molecule has 3 atom stereocenters. The fraction of sp³-hybridized carbons (Fsp3) is 0.944. The highest BCUT2D eigenvalue weighted by Crippen LogP contribution is 2.29. The number of carbonyl (C=O) groups excluding carboxylic acids is 1. The molecule has 5 nitrogen and oxygen atoms in total. The lowest BCUT2D eigenvalue weighted by atomic mass is 9.80. The molecule has 134 valence electrons. The van der Waals surface area contributed by atoms with Crippen molar-refractivity contribution in [1.29, 1.82) is 0 Å². The molecule has 0 aromatic heterocycles. The Morgan fingerprint density at radius 2 is 2.04 bits per heavy atom. The lowest BCUT2D eigenvalue weighted by Crippen LogP contribution is -2.53. The number of carbonyl (C=O) groups is 1. The van der Waals surface area contributed by atoms with Crippen LogP contribution in [0.5, 0.6) is 0 Å². The molecular formula is C18H34N2O3. The zero-order chi connectivity index (χ0) is 17.0. The number of amides is 1. The summed E-state index contributed by atoms with van der Waals surface area (Å²) in [6.07, 6.45) is 4.74. The average molecular weight is 326 g/mol. The van der Waals surface area contributed by atoms with E-state index in [1.54, 1.807) is 0 Å². The van der Waals surface area contributed by atoms with Crippen LogP contribution in [0.2, 0.25) is 0 Å². The summed E-state index contributed by atoms with van der Waals surface area (Å²) in [5, 5.41) is 3.70. The van der Waals surface area contributed by atoms with Gasteiger partial charge in [0.05, 0.1) is 19.3 Å².